The normalized spacial score (nSPS) is 21.5. The Morgan fingerprint density at radius 1 is 0.776 bits per heavy atom. The van der Waals surface area contributed by atoms with Crippen molar-refractivity contribution in [2.75, 3.05) is 33.3 Å². The second kappa shape index (κ2) is 16.0. The Balaban J connectivity index is 0.661. The van der Waals surface area contributed by atoms with Crippen LogP contribution in [0, 0.1) is 0 Å². The summed E-state index contributed by atoms with van der Waals surface area (Å²) >= 11 is 0. The summed E-state index contributed by atoms with van der Waals surface area (Å²) in [5, 5.41) is 4.63. The maximum absolute atomic E-state index is 13.1. The Morgan fingerprint density at radius 2 is 1.53 bits per heavy atom. The van der Waals surface area contributed by atoms with Crippen molar-refractivity contribution < 1.29 is 28.7 Å². The molecule has 4 amide bonds. The minimum Gasteiger partial charge on any atom is -0.494 e. The highest BCUT2D eigenvalue weighted by atomic mass is 16.5. The van der Waals surface area contributed by atoms with Gasteiger partial charge in [-0.15, -0.1) is 0 Å². The van der Waals surface area contributed by atoms with E-state index in [9.17, 15) is 19.2 Å². The van der Waals surface area contributed by atoms with Gasteiger partial charge in [-0.3, -0.25) is 34.4 Å². The predicted octanol–water partition coefficient (Wildman–Crippen LogP) is 6.35. The van der Waals surface area contributed by atoms with Gasteiger partial charge in [-0.25, -0.2) is 0 Å². The molecule has 5 heterocycles. The van der Waals surface area contributed by atoms with E-state index in [-0.39, 0.29) is 30.1 Å². The number of benzene rings is 3. The van der Waals surface area contributed by atoms with Crippen molar-refractivity contribution in [3.05, 3.63) is 90.3 Å². The maximum atomic E-state index is 13.1. The van der Waals surface area contributed by atoms with Crippen LogP contribution < -0.4 is 14.8 Å². The summed E-state index contributed by atoms with van der Waals surface area (Å²) in [5.41, 5.74) is 5.26. The number of imide groups is 2. The van der Waals surface area contributed by atoms with E-state index in [0.29, 0.717) is 24.4 Å². The van der Waals surface area contributed by atoms with Gasteiger partial charge in [-0.1, -0.05) is 24.3 Å². The van der Waals surface area contributed by atoms with E-state index in [1.165, 1.54) is 45.8 Å². The molecule has 1 aliphatic carbocycles. The Labute approximate surface area is 338 Å². The van der Waals surface area contributed by atoms with Crippen molar-refractivity contribution >= 4 is 45.4 Å². The Morgan fingerprint density at radius 3 is 2.33 bits per heavy atom. The van der Waals surface area contributed by atoms with Crippen LogP contribution in [0.15, 0.2) is 79.1 Å². The highest BCUT2D eigenvalue weighted by Gasteiger charge is 2.45. The monoisotopic (exact) mass is 782 g/mol. The van der Waals surface area contributed by atoms with Gasteiger partial charge in [0.25, 0.3) is 11.8 Å². The standard InChI is InChI=1S/C46H50N6O6/c1-49(32-25-35(26-32)58-33-9-6-29(7-10-33)30-8-12-36-39-28-47-19-16-40(39)50(2)42(36)24-30)31-17-21-51(22-18-31)20-4-3-5-23-57-34-11-13-37-38(27-34)46(56)52(45(37)55)41-14-15-43(53)48-44(41)54/h6-13,16,19,24,27-28,31-32,35,41H,3-5,14-15,17-18,20-23,25-26H2,1-2H3,(H,48,53,54)/t32-,35-,41?. The molecule has 4 aliphatic rings. The number of aryl methyl sites for hydroxylation is 1. The van der Waals surface area contributed by atoms with Gasteiger partial charge in [0.15, 0.2) is 0 Å². The van der Waals surface area contributed by atoms with Gasteiger partial charge in [0, 0.05) is 67.1 Å². The van der Waals surface area contributed by atoms with Crippen LogP contribution >= 0.6 is 0 Å². The molecule has 3 aliphatic heterocycles. The van der Waals surface area contributed by atoms with Gasteiger partial charge in [0.1, 0.15) is 23.6 Å². The summed E-state index contributed by atoms with van der Waals surface area (Å²) < 4.78 is 14.6. The van der Waals surface area contributed by atoms with E-state index in [1.807, 2.05) is 12.4 Å². The third-order valence-corrected chi connectivity index (χ3v) is 12.9. The number of nitrogens with one attached hydrogen (secondary N) is 1. The number of likely N-dealkylation sites (tertiary alicyclic amines) is 1. The van der Waals surface area contributed by atoms with Crippen molar-refractivity contribution in [2.24, 2.45) is 7.05 Å². The number of fused-ring (bicyclic) bond motifs is 4. The zero-order chi connectivity index (χ0) is 39.9. The lowest BCUT2D eigenvalue weighted by Crippen LogP contribution is -2.54. The van der Waals surface area contributed by atoms with Gasteiger partial charge in [-0.2, -0.15) is 0 Å². The number of ether oxygens (including phenoxy) is 2. The average Bonchev–Trinajstić information content (AvgIpc) is 3.65. The van der Waals surface area contributed by atoms with Crippen LogP contribution in [0.25, 0.3) is 32.9 Å². The van der Waals surface area contributed by atoms with Gasteiger partial charge in [0.2, 0.25) is 11.8 Å². The van der Waals surface area contributed by atoms with Crippen molar-refractivity contribution in [1.29, 1.82) is 0 Å². The lowest BCUT2D eigenvalue weighted by molar-refractivity contribution is -0.136. The SMILES string of the molecule is Cn1c2ccncc2c2ccc(-c3ccc(O[C@H]4C[C@H](N(C)C5CCN(CCCCCOc6ccc7c(c6)C(=O)N(C6CCC(=O)NC6=O)C7=O)CC5)C4)cc3)cc21. The highest BCUT2D eigenvalue weighted by Crippen LogP contribution is 2.35. The predicted molar refractivity (Wildman–Crippen MR) is 221 cm³/mol. The first kappa shape index (κ1) is 38.0. The summed E-state index contributed by atoms with van der Waals surface area (Å²) in [6.45, 7) is 3.83. The third-order valence-electron chi connectivity index (χ3n) is 12.9. The summed E-state index contributed by atoms with van der Waals surface area (Å²) in [7, 11) is 4.41. The van der Waals surface area contributed by atoms with Crippen LogP contribution in [0.1, 0.15) is 78.5 Å². The lowest BCUT2D eigenvalue weighted by Gasteiger charge is -2.46. The number of amides is 4. The van der Waals surface area contributed by atoms with E-state index in [1.54, 1.807) is 18.2 Å². The fourth-order valence-electron chi connectivity index (χ4n) is 9.31. The molecule has 9 rings (SSSR count). The molecule has 0 radical (unpaired) electrons. The zero-order valence-corrected chi connectivity index (χ0v) is 33.2. The summed E-state index contributed by atoms with van der Waals surface area (Å²) in [6.07, 6.45) is 11.8. The summed E-state index contributed by atoms with van der Waals surface area (Å²) in [4.78, 5) is 60.4. The molecule has 12 heteroatoms. The van der Waals surface area contributed by atoms with Gasteiger partial charge < -0.3 is 23.8 Å². The molecule has 1 atom stereocenters. The molecule has 1 saturated carbocycles. The Hall–Kier alpha value is -5.59. The third kappa shape index (κ3) is 7.35. The number of carbonyl (C=O) groups excluding carboxylic acids is 4. The summed E-state index contributed by atoms with van der Waals surface area (Å²) in [5.74, 6) is -0.580. The van der Waals surface area contributed by atoms with Crippen LogP contribution in [-0.4, -0.2) is 105 Å². The smallest absolute Gasteiger partial charge is 0.262 e. The summed E-state index contributed by atoms with van der Waals surface area (Å²) in [6, 6.07) is 22.3. The first-order chi connectivity index (χ1) is 28.2. The number of unbranched alkanes of at least 4 members (excludes halogenated alkanes) is 2. The van der Waals surface area contributed by atoms with Gasteiger partial charge in [-0.05, 0) is 119 Å². The molecule has 12 nitrogen and oxygen atoms in total. The van der Waals surface area contributed by atoms with Crippen LogP contribution in [0.3, 0.4) is 0 Å². The molecule has 3 fully saturated rings. The fourth-order valence-corrected chi connectivity index (χ4v) is 9.31. The molecule has 0 spiro atoms. The topological polar surface area (TPSA) is 126 Å². The van der Waals surface area contributed by atoms with Crippen LogP contribution in [-0.2, 0) is 16.6 Å². The van der Waals surface area contributed by atoms with Crippen LogP contribution in [0.4, 0.5) is 0 Å². The number of aromatic nitrogens is 2. The highest BCUT2D eigenvalue weighted by molar-refractivity contribution is 6.23. The number of hydrogen-bond acceptors (Lipinski definition) is 9. The Bertz CT molecular complexity index is 2380. The molecular weight excluding hydrogens is 733 g/mol. The fraction of sp³-hybridized carbons (Fsp3) is 0.413. The van der Waals surface area contributed by atoms with Gasteiger partial charge >= 0.3 is 0 Å². The number of hydrogen-bond donors (Lipinski definition) is 1. The molecule has 5 aromatic rings. The molecule has 3 aromatic carbocycles. The molecule has 1 unspecified atom stereocenters. The van der Waals surface area contributed by atoms with E-state index >= 15 is 0 Å². The number of nitrogens with zero attached hydrogens (tertiary/aromatic N) is 5. The molecule has 0 bridgehead atoms. The maximum Gasteiger partial charge on any atom is 0.262 e. The second-order valence-corrected chi connectivity index (χ2v) is 16.4. The molecule has 1 N–H and O–H groups in total. The van der Waals surface area contributed by atoms with E-state index in [0.717, 1.165) is 62.4 Å². The second-order valence-electron chi connectivity index (χ2n) is 16.4. The average molecular weight is 783 g/mol. The van der Waals surface area contributed by atoms with Crippen molar-refractivity contribution in [3.63, 3.8) is 0 Å². The van der Waals surface area contributed by atoms with E-state index in [4.69, 9.17) is 9.47 Å². The van der Waals surface area contributed by atoms with Crippen molar-refractivity contribution in [2.45, 2.75) is 82.0 Å². The van der Waals surface area contributed by atoms with Crippen LogP contribution in [0.2, 0.25) is 0 Å². The molecule has 2 aromatic heterocycles. The molecular formula is C46H50N6O6. The number of pyridine rings is 1. The lowest BCUT2D eigenvalue weighted by atomic mass is 9.86. The number of piperidine rings is 2. The van der Waals surface area contributed by atoms with Gasteiger partial charge in [0.05, 0.1) is 23.3 Å². The largest absolute Gasteiger partial charge is 0.494 e. The minimum absolute atomic E-state index is 0.0920. The Kier molecular flexibility index (Phi) is 10.5. The molecule has 58 heavy (non-hydrogen) atoms. The zero-order valence-electron chi connectivity index (χ0n) is 33.2. The number of rotatable bonds is 13. The van der Waals surface area contributed by atoms with E-state index in [2.05, 4.69) is 87.3 Å². The van der Waals surface area contributed by atoms with E-state index < -0.39 is 29.7 Å². The minimum atomic E-state index is -0.975. The first-order valence-corrected chi connectivity index (χ1v) is 20.7. The number of carbonyl (C=O) groups is 4. The molecule has 300 valence electrons. The molecule has 2 saturated heterocycles. The first-order valence-electron chi connectivity index (χ1n) is 20.7. The van der Waals surface area contributed by atoms with Crippen LogP contribution in [0.5, 0.6) is 11.5 Å². The van der Waals surface area contributed by atoms with Crippen molar-refractivity contribution in [1.82, 2.24) is 29.6 Å². The van der Waals surface area contributed by atoms with Crippen molar-refractivity contribution in [3.8, 4) is 22.6 Å². The quantitative estimate of drug-likeness (QED) is 0.107.